The molecule has 196 valence electrons. The molecule has 0 bridgehead atoms. The number of fused-ring (bicyclic) bond motifs is 8. The number of benzene rings is 4. The molecule has 4 aromatic carbocycles. The minimum atomic E-state index is -0.0166. The molecule has 0 radical (unpaired) electrons. The molecule has 1 heteroatoms. The van der Waals surface area contributed by atoms with Gasteiger partial charge in [-0.25, -0.2) is 0 Å². The van der Waals surface area contributed by atoms with E-state index in [2.05, 4.69) is 131 Å². The Bertz CT molecular complexity index is 1640. The van der Waals surface area contributed by atoms with Crippen LogP contribution in [0, 0.1) is 13.8 Å². The van der Waals surface area contributed by atoms with Gasteiger partial charge in [-0.1, -0.05) is 100.0 Å². The van der Waals surface area contributed by atoms with E-state index in [1.807, 2.05) is 0 Å². The molecule has 0 aromatic heterocycles. The summed E-state index contributed by atoms with van der Waals surface area (Å²) in [5.41, 5.74) is 17.1. The maximum Gasteiger partial charge on any atom is 0.0742 e. The molecule has 3 aliphatic rings. The van der Waals surface area contributed by atoms with Gasteiger partial charge in [0.25, 0.3) is 0 Å². The summed E-state index contributed by atoms with van der Waals surface area (Å²) in [6, 6.07) is 30.8. The maximum absolute atomic E-state index is 2.82. The van der Waals surface area contributed by atoms with Gasteiger partial charge in [0, 0.05) is 28.6 Å². The summed E-state index contributed by atoms with van der Waals surface area (Å²) in [6.45, 7) is 14.2. The van der Waals surface area contributed by atoms with E-state index >= 15 is 0 Å². The zero-order chi connectivity index (χ0) is 27.1. The lowest BCUT2D eigenvalue weighted by atomic mass is 9.72. The topological polar surface area (TPSA) is 3.24 Å². The standard InChI is InChI=1S/C38H39N/c1-7-26-34(8-2)39-35(31-19-23(3)18-24(4)37(26)31)21-28(25-14-10-9-11-15-25)30-20-29-27-16-12-13-17-32(27)38(5,6)33(29)22-36(30)39/h9-22,26,34-35H,7-8H2,1-6H3/t26-,34+,35?/m1/s1. The molecule has 0 spiro atoms. The van der Waals surface area contributed by atoms with Crippen molar-refractivity contribution < 1.29 is 0 Å². The fraction of sp³-hybridized carbons (Fsp3) is 0.316. The second kappa shape index (κ2) is 8.71. The molecule has 3 atom stereocenters. The van der Waals surface area contributed by atoms with Crippen LogP contribution in [0.2, 0.25) is 0 Å². The van der Waals surface area contributed by atoms with Crippen LogP contribution in [-0.4, -0.2) is 6.04 Å². The Morgan fingerprint density at radius 1 is 0.744 bits per heavy atom. The Balaban J connectivity index is 1.56. The van der Waals surface area contributed by atoms with Crippen molar-refractivity contribution in [3.05, 3.63) is 129 Å². The predicted molar refractivity (Wildman–Crippen MR) is 166 cm³/mol. The van der Waals surface area contributed by atoms with E-state index in [0.717, 1.165) is 12.8 Å². The van der Waals surface area contributed by atoms with E-state index in [9.17, 15) is 0 Å². The van der Waals surface area contributed by atoms with Crippen LogP contribution >= 0.6 is 0 Å². The third-order valence-corrected chi connectivity index (χ3v) is 9.91. The third kappa shape index (κ3) is 3.38. The summed E-state index contributed by atoms with van der Waals surface area (Å²) in [5.74, 6) is 0.528. The number of aryl methyl sites for hydroxylation is 2. The zero-order valence-electron chi connectivity index (χ0n) is 24.2. The summed E-state index contributed by atoms with van der Waals surface area (Å²) in [7, 11) is 0. The van der Waals surface area contributed by atoms with E-state index in [0.29, 0.717) is 12.0 Å². The van der Waals surface area contributed by atoms with E-state index < -0.39 is 0 Å². The maximum atomic E-state index is 2.82. The molecule has 1 unspecified atom stereocenters. The molecule has 2 heterocycles. The van der Waals surface area contributed by atoms with Gasteiger partial charge in [-0.15, -0.1) is 0 Å². The highest BCUT2D eigenvalue weighted by Crippen LogP contribution is 2.57. The van der Waals surface area contributed by atoms with Crippen LogP contribution < -0.4 is 4.90 Å². The van der Waals surface area contributed by atoms with E-state index in [1.165, 1.54) is 61.3 Å². The van der Waals surface area contributed by atoms with Crippen molar-refractivity contribution in [2.45, 2.75) is 77.8 Å². The second-order valence-electron chi connectivity index (χ2n) is 12.5. The van der Waals surface area contributed by atoms with Gasteiger partial charge in [-0.05, 0) is 95.0 Å². The summed E-state index contributed by atoms with van der Waals surface area (Å²) >= 11 is 0. The van der Waals surface area contributed by atoms with Gasteiger partial charge in [0.15, 0.2) is 0 Å². The van der Waals surface area contributed by atoms with Crippen molar-refractivity contribution in [1.29, 1.82) is 0 Å². The van der Waals surface area contributed by atoms with Crippen molar-refractivity contribution >= 4 is 11.3 Å². The highest BCUT2D eigenvalue weighted by Gasteiger charge is 2.44. The summed E-state index contributed by atoms with van der Waals surface area (Å²) in [5, 5.41) is 0. The summed E-state index contributed by atoms with van der Waals surface area (Å²) in [6.07, 6.45) is 4.88. The van der Waals surface area contributed by atoms with Crippen molar-refractivity contribution in [1.82, 2.24) is 0 Å². The minimum absolute atomic E-state index is 0.0166. The molecule has 39 heavy (non-hydrogen) atoms. The first kappa shape index (κ1) is 24.5. The normalized spacial score (nSPS) is 21.8. The first-order valence-electron chi connectivity index (χ1n) is 14.8. The third-order valence-electron chi connectivity index (χ3n) is 9.91. The van der Waals surface area contributed by atoms with Gasteiger partial charge < -0.3 is 4.90 Å². The molecular weight excluding hydrogens is 470 g/mol. The molecule has 0 saturated carbocycles. The second-order valence-corrected chi connectivity index (χ2v) is 12.5. The fourth-order valence-electron chi connectivity index (χ4n) is 8.24. The van der Waals surface area contributed by atoms with Gasteiger partial charge in [-0.2, -0.15) is 0 Å². The number of nitrogens with zero attached hydrogens (tertiary/aromatic N) is 1. The van der Waals surface area contributed by atoms with Crippen LogP contribution in [0.1, 0.15) is 97.0 Å². The fourth-order valence-corrected chi connectivity index (χ4v) is 8.24. The molecular formula is C38H39N. The monoisotopic (exact) mass is 509 g/mol. The van der Waals surface area contributed by atoms with E-state index in [4.69, 9.17) is 0 Å². The first-order chi connectivity index (χ1) is 18.8. The number of anilines is 1. The quantitative estimate of drug-likeness (QED) is 0.266. The molecule has 0 N–H and O–H groups in total. The molecule has 7 rings (SSSR count). The van der Waals surface area contributed by atoms with Gasteiger partial charge in [-0.3, -0.25) is 0 Å². The van der Waals surface area contributed by atoms with Crippen LogP contribution in [0.3, 0.4) is 0 Å². The SMILES string of the molecule is CC[C@H]1c2c(C)cc(C)cc2C2C=C(c3ccccc3)c3cc4c(cc3N2[C@H]1CC)C(C)(C)c1ccccc1-4. The minimum Gasteiger partial charge on any atom is -0.357 e. The lowest BCUT2D eigenvalue weighted by Crippen LogP contribution is -2.47. The van der Waals surface area contributed by atoms with E-state index in [1.54, 1.807) is 5.56 Å². The molecule has 1 nitrogen and oxygen atoms in total. The Morgan fingerprint density at radius 3 is 2.23 bits per heavy atom. The van der Waals surface area contributed by atoms with Gasteiger partial charge in [0.1, 0.15) is 0 Å². The van der Waals surface area contributed by atoms with Crippen molar-refractivity contribution in [2.24, 2.45) is 0 Å². The van der Waals surface area contributed by atoms with Gasteiger partial charge in [0.2, 0.25) is 0 Å². The average Bonchev–Trinajstić information content (AvgIpc) is 3.17. The number of rotatable bonds is 3. The van der Waals surface area contributed by atoms with Crippen molar-refractivity contribution in [3.8, 4) is 11.1 Å². The largest absolute Gasteiger partial charge is 0.357 e. The Morgan fingerprint density at radius 2 is 1.49 bits per heavy atom. The molecule has 1 aliphatic carbocycles. The van der Waals surface area contributed by atoms with Gasteiger partial charge >= 0.3 is 0 Å². The smallest absolute Gasteiger partial charge is 0.0742 e. The molecule has 0 saturated heterocycles. The Kier molecular flexibility index (Phi) is 5.47. The molecule has 0 fully saturated rings. The van der Waals surface area contributed by atoms with Crippen LogP contribution in [0.25, 0.3) is 16.7 Å². The highest BCUT2D eigenvalue weighted by molar-refractivity contribution is 5.95. The number of hydrogen-bond acceptors (Lipinski definition) is 1. The van der Waals surface area contributed by atoms with Crippen molar-refractivity contribution in [3.63, 3.8) is 0 Å². The molecule has 0 amide bonds. The molecule has 2 aliphatic heterocycles. The zero-order valence-corrected chi connectivity index (χ0v) is 24.2. The average molecular weight is 510 g/mol. The predicted octanol–water partition coefficient (Wildman–Crippen LogP) is 9.89. The first-order valence-corrected chi connectivity index (χ1v) is 14.8. The van der Waals surface area contributed by atoms with Crippen LogP contribution in [0.4, 0.5) is 5.69 Å². The molecule has 4 aromatic rings. The van der Waals surface area contributed by atoms with Crippen LogP contribution in [0.15, 0.2) is 84.9 Å². The lowest BCUT2D eigenvalue weighted by molar-refractivity contribution is 0.415. The number of hydrogen-bond donors (Lipinski definition) is 0. The Hall–Kier alpha value is -3.58. The Labute approximate surface area is 234 Å². The highest BCUT2D eigenvalue weighted by atomic mass is 15.2. The van der Waals surface area contributed by atoms with Crippen LogP contribution in [0.5, 0.6) is 0 Å². The van der Waals surface area contributed by atoms with Crippen LogP contribution in [-0.2, 0) is 5.41 Å². The lowest BCUT2D eigenvalue weighted by Gasteiger charge is -2.51. The van der Waals surface area contributed by atoms with Gasteiger partial charge in [0.05, 0.1) is 6.04 Å². The van der Waals surface area contributed by atoms with E-state index in [-0.39, 0.29) is 11.5 Å². The summed E-state index contributed by atoms with van der Waals surface area (Å²) in [4.78, 5) is 2.82. The summed E-state index contributed by atoms with van der Waals surface area (Å²) < 4.78 is 0. The van der Waals surface area contributed by atoms with Crippen molar-refractivity contribution in [2.75, 3.05) is 4.90 Å².